The lowest BCUT2D eigenvalue weighted by Gasteiger charge is -1.97. The summed E-state index contributed by atoms with van der Waals surface area (Å²) >= 11 is 0. The molecule has 0 saturated heterocycles. The van der Waals surface area contributed by atoms with E-state index in [0.29, 0.717) is 0 Å². The van der Waals surface area contributed by atoms with Gasteiger partial charge in [0.05, 0.1) is 0 Å². The summed E-state index contributed by atoms with van der Waals surface area (Å²) < 4.78 is 0. The lowest BCUT2D eigenvalue weighted by Crippen LogP contribution is -2.24. The summed E-state index contributed by atoms with van der Waals surface area (Å²) in [6.07, 6.45) is 5.46. The third-order valence-corrected chi connectivity index (χ3v) is 1.07. The van der Waals surface area contributed by atoms with Gasteiger partial charge in [0.2, 0.25) is 0 Å². The molecule has 0 spiro atoms. The normalized spacial score (nSPS) is 26.7. The van der Waals surface area contributed by atoms with Crippen molar-refractivity contribution in [3.8, 4) is 0 Å². The van der Waals surface area contributed by atoms with Gasteiger partial charge in [0.15, 0.2) is 0 Å². The van der Waals surface area contributed by atoms with E-state index in [2.05, 4.69) is 15.6 Å². The topological polar surface area (TPSA) is 36.4 Å². The molecular weight excluding hydrogens is 114 g/mol. The van der Waals surface area contributed by atoms with Gasteiger partial charge in [-0.05, 0) is 0 Å². The molecule has 0 aliphatic carbocycles. The number of nitrogens with one attached hydrogen (secondary N) is 2. The highest BCUT2D eigenvalue weighted by atomic mass is 14.9. The molecule has 0 aromatic rings. The van der Waals surface area contributed by atoms with Crippen molar-refractivity contribution >= 4 is 6.21 Å². The summed E-state index contributed by atoms with van der Waals surface area (Å²) in [4.78, 5) is 3.96. The zero-order chi connectivity index (χ0) is 6.36. The Morgan fingerprint density at radius 1 is 1.33 bits per heavy atom. The first kappa shape index (κ1) is 6.29. The SMILES string of the molecule is C1=C\NCCNC/C=N/1. The molecule has 3 heteroatoms. The molecule has 2 N–H and O–H groups in total. The van der Waals surface area contributed by atoms with Gasteiger partial charge in [-0.1, -0.05) is 0 Å². The maximum atomic E-state index is 3.96. The standard InChI is InChI=1S/C6H11N3/c1-2-8-5-6-9-4-3-7-1/h1-3,8-9H,4-6H2/b2-1-,7-3+. The molecule has 0 amide bonds. The fourth-order valence-corrected chi connectivity index (χ4v) is 0.620. The van der Waals surface area contributed by atoms with Gasteiger partial charge in [-0.15, -0.1) is 0 Å². The van der Waals surface area contributed by atoms with Crippen molar-refractivity contribution in [2.24, 2.45) is 4.99 Å². The Morgan fingerprint density at radius 2 is 2.33 bits per heavy atom. The minimum absolute atomic E-state index is 0.867. The van der Waals surface area contributed by atoms with E-state index in [1.165, 1.54) is 0 Å². The van der Waals surface area contributed by atoms with Gasteiger partial charge in [-0.3, -0.25) is 4.99 Å². The van der Waals surface area contributed by atoms with Crippen LogP contribution in [0.25, 0.3) is 0 Å². The van der Waals surface area contributed by atoms with Gasteiger partial charge in [0.25, 0.3) is 0 Å². The average molecular weight is 125 g/mol. The Hall–Kier alpha value is -0.830. The Morgan fingerprint density at radius 3 is 3.33 bits per heavy atom. The summed E-state index contributed by atoms with van der Waals surface area (Å²) in [6.45, 7) is 2.84. The van der Waals surface area contributed by atoms with Crippen molar-refractivity contribution < 1.29 is 0 Å². The van der Waals surface area contributed by atoms with Crippen molar-refractivity contribution in [1.29, 1.82) is 0 Å². The fraction of sp³-hybridized carbons (Fsp3) is 0.500. The van der Waals surface area contributed by atoms with Crippen molar-refractivity contribution in [3.05, 3.63) is 12.4 Å². The van der Waals surface area contributed by atoms with Gasteiger partial charge >= 0.3 is 0 Å². The van der Waals surface area contributed by atoms with Gasteiger partial charge < -0.3 is 10.6 Å². The highest BCUT2D eigenvalue weighted by molar-refractivity contribution is 5.60. The van der Waals surface area contributed by atoms with E-state index in [1.54, 1.807) is 6.20 Å². The third kappa shape index (κ3) is 2.87. The van der Waals surface area contributed by atoms with E-state index in [1.807, 2.05) is 12.4 Å². The van der Waals surface area contributed by atoms with Crippen LogP contribution in [-0.4, -0.2) is 25.8 Å². The van der Waals surface area contributed by atoms with Crippen LogP contribution in [0.15, 0.2) is 17.4 Å². The van der Waals surface area contributed by atoms with E-state index < -0.39 is 0 Å². The quantitative estimate of drug-likeness (QED) is 0.467. The molecule has 0 aromatic carbocycles. The Labute approximate surface area is 54.9 Å². The summed E-state index contributed by atoms with van der Waals surface area (Å²) in [5.41, 5.74) is 0. The van der Waals surface area contributed by atoms with Crippen molar-refractivity contribution in [1.82, 2.24) is 10.6 Å². The van der Waals surface area contributed by atoms with Crippen LogP contribution < -0.4 is 10.6 Å². The predicted octanol–water partition coefficient (Wildman–Crippen LogP) is -0.279. The lowest BCUT2D eigenvalue weighted by atomic mass is 10.6. The van der Waals surface area contributed by atoms with Crippen LogP contribution in [0.5, 0.6) is 0 Å². The molecule has 9 heavy (non-hydrogen) atoms. The summed E-state index contributed by atoms with van der Waals surface area (Å²) in [5.74, 6) is 0. The van der Waals surface area contributed by atoms with Crippen molar-refractivity contribution in [2.75, 3.05) is 19.6 Å². The summed E-state index contributed by atoms with van der Waals surface area (Å²) in [7, 11) is 0. The first-order chi connectivity index (χ1) is 4.50. The molecule has 3 nitrogen and oxygen atoms in total. The molecule has 1 rings (SSSR count). The van der Waals surface area contributed by atoms with Gasteiger partial charge in [0.1, 0.15) is 0 Å². The summed E-state index contributed by atoms with van der Waals surface area (Å²) in [5, 5.41) is 6.25. The second kappa shape index (κ2) is 4.09. The van der Waals surface area contributed by atoms with Crippen LogP contribution in [0.2, 0.25) is 0 Å². The Bertz CT molecular complexity index is 103. The molecular formula is C6H11N3. The molecule has 1 aliphatic heterocycles. The van der Waals surface area contributed by atoms with E-state index in [0.717, 1.165) is 19.6 Å². The summed E-state index contributed by atoms with van der Waals surface area (Å²) in [6, 6.07) is 0. The molecule has 1 aliphatic rings. The minimum atomic E-state index is 0.867. The molecule has 0 fully saturated rings. The fourth-order valence-electron chi connectivity index (χ4n) is 0.620. The van der Waals surface area contributed by atoms with E-state index in [-0.39, 0.29) is 0 Å². The highest BCUT2D eigenvalue weighted by Crippen LogP contribution is 1.71. The number of aliphatic imine (C=N–C) groups is 1. The molecule has 0 saturated carbocycles. The molecule has 50 valence electrons. The van der Waals surface area contributed by atoms with Crippen LogP contribution in [-0.2, 0) is 0 Å². The Balaban J connectivity index is 2.28. The maximum Gasteiger partial charge on any atom is 0.0421 e. The molecule has 0 atom stereocenters. The van der Waals surface area contributed by atoms with Crippen LogP contribution in [0.4, 0.5) is 0 Å². The first-order valence-electron chi connectivity index (χ1n) is 3.11. The maximum absolute atomic E-state index is 3.96. The number of nitrogens with zero attached hydrogens (tertiary/aromatic N) is 1. The number of hydrogen-bond acceptors (Lipinski definition) is 3. The second-order valence-electron chi connectivity index (χ2n) is 1.81. The van der Waals surface area contributed by atoms with Gasteiger partial charge in [-0.25, -0.2) is 0 Å². The zero-order valence-corrected chi connectivity index (χ0v) is 5.30. The molecule has 0 aromatic heterocycles. The van der Waals surface area contributed by atoms with Crippen LogP contribution in [0.1, 0.15) is 0 Å². The van der Waals surface area contributed by atoms with E-state index >= 15 is 0 Å². The largest absolute Gasteiger partial charge is 0.388 e. The number of rotatable bonds is 0. The molecule has 0 unspecified atom stereocenters. The van der Waals surface area contributed by atoms with Crippen LogP contribution in [0.3, 0.4) is 0 Å². The predicted molar refractivity (Wildman–Crippen MR) is 38.5 cm³/mol. The zero-order valence-electron chi connectivity index (χ0n) is 5.30. The second-order valence-corrected chi connectivity index (χ2v) is 1.81. The molecule has 0 bridgehead atoms. The highest BCUT2D eigenvalue weighted by Gasteiger charge is 1.82. The average Bonchev–Trinajstić information content (AvgIpc) is 2.00. The molecule has 1 heterocycles. The first-order valence-corrected chi connectivity index (χ1v) is 3.11. The minimum Gasteiger partial charge on any atom is -0.388 e. The third-order valence-electron chi connectivity index (χ3n) is 1.07. The van der Waals surface area contributed by atoms with E-state index in [9.17, 15) is 0 Å². The van der Waals surface area contributed by atoms with E-state index in [4.69, 9.17) is 0 Å². The smallest absolute Gasteiger partial charge is 0.0421 e. The lowest BCUT2D eigenvalue weighted by molar-refractivity contribution is 0.723. The van der Waals surface area contributed by atoms with Crippen LogP contribution >= 0.6 is 0 Å². The van der Waals surface area contributed by atoms with Crippen molar-refractivity contribution in [3.63, 3.8) is 0 Å². The molecule has 0 radical (unpaired) electrons. The number of hydrogen-bond donors (Lipinski definition) is 2. The van der Waals surface area contributed by atoms with Gasteiger partial charge in [-0.2, -0.15) is 0 Å². The monoisotopic (exact) mass is 125 g/mol. The van der Waals surface area contributed by atoms with Crippen LogP contribution in [0, 0.1) is 0 Å². The van der Waals surface area contributed by atoms with Gasteiger partial charge in [0, 0.05) is 38.2 Å². The van der Waals surface area contributed by atoms with Crippen molar-refractivity contribution in [2.45, 2.75) is 0 Å². The Kier molecular flexibility index (Phi) is 2.86.